The zero-order valence-electron chi connectivity index (χ0n) is 10.3. The lowest BCUT2D eigenvalue weighted by molar-refractivity contribution is 0.303. The minimum absolute atomic E-state index is 0.385. The number of rotatable bonds is 3. The molecular formula is C13H19ClN2O. The third-order valence-corrected chi connectivity index (χ3v) is 3.76. The summed E-state index contributed by atoms with van der Waals surface area (Å²) in [6.07, 6.45) is 1.09. The topological polar surface area (TPSA) is 38.5 Å². The van der Waals surface area contributed by atoms with Crippen LogP contribution in [-0.4, -0.2) is 32.1 Å². The average Bonchev–Trinajstić information content (AvgIpc) is 2.70. The normalized spacial score (nSPS) is 25.2. The van der Waals surface area contributed by atoms with E-state index in [1.807, 2.05) is 12.1 Å². The third kappa shape index (κ3) is 2.57. The summed E-state index contributed by atoms with van der Waals surface area (Å²) in [7, 11) is 3.82. The van der Waals surface area contributed by atoms with Crippen molar-refractivity contribution in [2.75, 3.05) is 27.2 Å². The van der Waals surface area contributed by atoms with Crippen molar-refractivity contribution >= 4 is 11.6 Å². The van der Waals surface area contributed by atoms with Gasteiger partial charge in [-0.05, 0) is 38.1 Å². The zero-order chi connectivity index (χ0) is 12.4. The molecule has 0 amide bonds. The Kier molecular flexibility index (Phi) is 3.92. The van der Waals surface area contributed by atoms with E-state index in [1.165, 1.54) is 5.56 Å². The average molecular weight is 255 g/mol. The Balaban J connectivity index is 2.28. The van der Waals surface area contributed by atoms with Gasteiger partial charge in [0.05, 0.1) is 7.11 Å². The molecule has 1 saturated heterocycles. The number of nitrogens with two attached hydrogens (primary N) is 1. The fourth-order valence-electron chi connectivity index (χ4n) is 2.60. The summed E-state index contributed by atoms with van der Waals surface area (Å²) in [5.74, 6) is 1.44. The number of benzene rings is 1. The largest absolute Gasteiger partial charge is 0.496 e. The first-order valence-corrected chi connectivity index (χ1v) is 6.27. The Bertz CT molecular complexity index is 397. The Morgan fingerprint density at radius 1 is 1.53 bits per heavy atom. The minimum atomic E-state index is 0.385. The molecule has 1 heterocycles. The van der Waals surface area contributed by atoms with Crippen molar-refractivity contribution in [2.24, 2.45) is 11.7 Å². The molecular weight excluding hydrogens is 236 g/mol. The lowest BCUT2D eigenvalue weighted by atomic mass is 9.99. The van der Waals surface area contributed by atoms with Gasteiger partial charge >= 0.3 is 0 Å². The van der Waals surface area contributed by atoms with Crippen LogP contribution in [0.3, 0.4) is 0 Å². The summed E-state index contributed by atoms with van der Waals surface area (Å²) in [6, 6.07) is 6.24. The van der Waals surface area contributed by atoms with Crippen molar-refractivity contribution in [1.82, 2.24) is 4.90 Å². The Labute approximate surface area is 107 Å². The molecule has 2 N–H and O–H groups in total. The highest BCUT2D eigenvalue weighted by Gasteiger charge is 2.31. The Morgan fingerprint density at radius 2 is 2.29 bits per heavy atom. The summed E-state index contributed by atoms with van der Waals surface area (Å²) >= 11 is 5.98. The molecule has 0 radical (unpaired) electrons. The van der Waals surface area contributed by atoms with E-state index in [0.717, 1.165) is 25.3 Å². The maximum Gasteiger partial charge on any atom is 0.125 e. The van der Waals surface area contributed by atoms with Crippen LogP contribution in [0.5, 0.6) is 5.75 Å². The predicted octanol–water partition coefficient (Wildman–Crippen LogP) is 2.30. The number of halogens is 1. The van der Waals surface area contributed by atoms with E-state index >= 15 is 0 Å². The van der Waals surface area contributed by atoms with Gasteiger partial charge in [0.25, 0.3) is 0 Å². The third-order valence-electron chi connectivity index (χ3n) is 3.52. The summed E-state index contributed by atoms with van der Waals surface area (Å²) in [5, 5.41) is 0.710. The number of hydrogen-bond acceptors (Lipinski definition) is 3. The first-order chi connectivity index (χ1) is 8.15. The molecule has 0 bridgehead atoms. The molecule has 0 saturated carbocycles. The number of likely N-dealkylation sites (tertiary alicyclic amines) is 1. The van der Waals surface area contributed by atoms with Crippen molar-refractivity contribution in [3.05, 3.63) is 28.8 Å². The highest BCUT2D eigenvalue weighted by Crippen LogP contribution is 2.39. The molecule has 2 unspecified atom stereocenters. The van der Waals surface area contributed by atoms with E-state index in [2.05, 4.69) is 18.0 Å². The van der Waals surface area contributed by atoms with Gasteiger partial charge in [-0.1, -0.05) is 17.7 Å². The van der Waals surface area contributed by atoms with Gasteiger partial charge in [0.1, 0.15) is 5.75 Å². The second kappa shape index (κ2) is 5.25. The predicted molar refractivity (Wildman–Crippen MR) is 70.5 cm³/mol. The van der Waals surface area contributed by atoms with Crippen molar-refractivity contribution in [3.8, 4) is 5.75 Å². The van der Waals surface area contributed by atoms with Gasteiger partial charge in [-0.2, -0.15) is 0 Å². The second-order valence-electron chi connectivity index (χ2n) is 4.68. The van der Waals surface area contributed by atoms with Gasteiger partial charge in [-0.25, -0.2) is 0 Å². The second-order valence-corrected chi connectivity index (χ2v) is 5.12. The molecule has 2 rings (SSSR count). The van der Waals surface area contributed by atoms with E-state index in [-0.39, 0.29) is 0 Å². The smallest absolute Gasteiger partial charge is 0.125 e. The fraction of sp³-hybridized carbons (Fsp3) is 0.538. The minimum Gasteiger partial charge on any atom is -0.496 e. The summed E-state index contributed by atoms with van der Waals surface area (Å²) < 4.78 is 5.41. The van der Waals surface area contributed by atoms with Gasteiger partial charge in [0, 0.05) is 23.2 Å². The number of hydrogen-bond donors (Lipinski definition) is 1. The van der Waals surface area contributed by atoms with Crippen LogP contribution in [0.25, 0.3) is 0 Å². The van der Waals surface area contributed by atoms with Gasteiger partial charge in [-0.15, -0.1) is 0 Å². The van der Waals surface area contributed by atoms with Crippen LogP contribution in [0.15, 0.2) is 18.2 Å². The molecule has 2 atom stereocenters. The van der Waals surface area contributed by atoms with Crippen LogP contribution < -0.4 is 10.5 Å². The molecule has 0 aliphatic carbocycles. The van der Waals surface area contributed by atoms with Gasteiger partial charge in [-0.3, -0.25) is 4.90 Å². The number of ether oxygens (including phenoxy) is 1. The van der Waals surface area contributed by atoms with E-state index < -0.39 is 0 Å². The van der Waals surface area contributed by atoms with Crippen LogP contribution >= 0.6 is 11.6 Å². The highest BCUT2D eigenvalue weighted by atomic mass is 35.5. The number of methoxy groups -OCH3 is 1. The molecule has 1 aromatic carbocycles. The molecule has 1 fully saturated rings. The maximum absolute atomic E-state index is 5.98. The molecule has 1 aromatic rings. The molecule has 94 valence electrons. The summed E-state index contributed by atoms with van der Waals surface area (Å²) in [6.45, 7) is 1.80. The molecule has 1 aliphatic heterocycles. The van der Waals surface area contributed by atoms with E-state index in [1.54, 1.807) is 7.11 Å². The molecule has 1 aliphatic rings. The van der Waals surface area contributed by atoms with Gasteiger partial charge in [0.15, 0.2) is 0 Å². The maximum atomic E-state index is 5.98. The molecule has 17 heavy (non-hydrogen) atoms. The first kappa shape index (κ1) is 12.7. The quantitative estimate of drug-likeness (QED) is 0.900. The highest BCUT2D eigenvalue weighted by molar-refractivity contribution is 6.30. The molecule has 0 spiro atoms. The van der Waals surface area contributed by atoms with Crippen molar-refractivity contribution < 1.29 is 4.74 Å². The number of nitrogens with zero attached hydrogens (tertiary/aromatic N) is 1. The lowest BCUT2D eigenvalue weighted by Crippen LogP contribution is -2.20. The summed E-state index contributed by atoms with van der Waals surface area (Å²) in [4.78, 5) is 2.34. The SMILES string of the molecule is COc1cc(Cl)ccc1C1CC(CN)CN1C. The standard InChI is InChI=1S/C13H19ClN2O/c1-16-8-9(7-15)5-12(16)11-4-3-10(14)6-13(11)17-2/h3-4,6,9,12H,5,7-8,15H2,1-2H3. The van der Waals surface area contributed by atoms with Crippen molar-refractivity contribution in [1.29, 1.82) is 0 Å². The van der Waals surface area contributed by atoms with Crippen LogP contribution in [0.2, 0.25) is 5.02 Å². The van der Waals surface area contributed by atoms with E-state index in [9.17, 15) is 0 Å². The fourth-order valence-corrected chi connectivity index (χ4v) is 2.76. The molecule has 0 aromatic heterocycles. The van der Waals surface area contributed by atoms with Gasteiger partial charge < -0.3 is 10.5 Å². The van der Waals surface area contributed by atoms with Crippen LogP contribution in [-0.2, 0) is 0 Å². The van der Waals surface area contributed by atoms with Crippen LogP contribution in [0, 0.1) is 5.92 Å². The van der Waals surface area contributed by atoms with E-state index in [0.29, 0.717) is 17.0 Å². The Morgan fingerprint density at radius 3 is 2.88 bits per heavy atom. The molecule has 4 heteroatoms. The van der Waals surface area contributed by atoms with Crippen LogP contribution in [0.1, 0.15) is 18.0 Å². The van der Waals surface area contributed by atoms with Crippen molar-refractivity contribution in [2.45, 2.75) is 12.5 Å². The monoisotopic (exact) mass is 254 g/mol. The van der Waals surface area contributed by atoms with E-state index in [4.69, 9.17) is 22.1 Å². The lowest BCUT2D eigenvalue weighted by Gasteiger charge is -2.21. The van der Waals surface area contributed by atoms with Crippen molar-refractivity contribution in [3.63, 3.8) is 0 Å². The first-order valence-electron chi connectivity index (χ1n) is 5.89. The van der Waals surface area contributed by atoms with Crippen LogP contribution in [0.4, 0.5) is 0 Å². The van der Waals surface area contributed by atoms with Gasteiger partial charge in [0.2, 0.25) is 0 Å². The zero-order valence-corrected chi connectivity index (χ0v) is 11.1. The molecule has 3 nitrogen and oxygen atoms in total. The summed E-state index contributed by atoms with van der Waals surface area (Å²) in [5.41, 5.74) is 6.96. The Hall–Kier alpha value is -0.770.